The van der Waals surface area contributed by atoms with Crippen molar-refractivity contribution < 1.29 is 0 Å². The van der Waals surface area contributed by atoms with E-state index in [9.17, 15) is 0 Å². The molecule has 4 heteroatoms. The van der Waals surface area contributed by atoms with Crippen molar-refractivity contribution in [1.29, 1.82) is 0 Å². The molecule has 0 aliphatic heterocycles. The molecule has 0 aliphatic rings. The monoisotopic (exact) mass is 532 g/mol. The molecule has 0 fully saturated rings. The number of rotatable bonds is 2. The van der Waals surface area contributed by atoms with Gasteiger partial charge in [-0.25, -0.2) is 4.98 Å². The Morgan fingerprint density at radius 3 is 2.21 bits per heavy atom. The first-order valence-corrected chi connectivity index (χ1v) is 14.7. The molecule has 3 heterocycles. The lowest BCUT2D eigenvalue weighted by molar-refractivity contribution is 1.19. The molecule has 0 atom stereocenters. The zero-order valence-electron chi connectivity index (χ0n) is 20.8. The molecule has 39 heavy (non-hydrogen) atoms. The molecular weight excluding hydrogens is 513 g/mol. The highest BCUT2D eigenvalue weighted by Gasteiger charge is 2.21. The minimum Gasteiger partial charge on any atom is -0.309 e. The van der Waals surface area contributed by atoms with Crippen LogP contribution in [0.4, 0.5) is 0 Å². The summed E-state index contributed by atoms with van der Waals surface area (Å²) in [4.78, 5) is 5.28. The molecule has 3 aromatic heterocycles. The van der Waals surface area contributed by atoms with Gasteiger partial charge in [-0.15, -0.1) is 22.7 Å². The highest BCUT2D eigenvalue weighted by molar-refractivity contribution is 7.28. The maximum Gasteiger partial charge on any atom is 0.125 e. The first kappa shape index (κ1) is 21.4. The molecule has 0 unspecified atom stereocenters. The van der Waals surface area contributed by atoms with E-state index in [0.717, 1.165) is 10.5 Å². The van der Waals surface area contributed by atoms with Gasteiger partial charge in [0, 0.05) is 47.6 Å². The molecule has 0 aliphatic carbocycles. The van der Waals surface area contributed by atoms with Gasteiger partial charge >= 0.3 is 0 Å². The highest BCUT2D eigenvalue weighted by atomic mass is 32.1. The predicted molar refractivity (Wildman–Crippen MR) is 170 cm³/mol. The Kier molecular flexibility index (Phi) is 4.39. The minimum atomic E-state index is 1.07. The van der Waals surface area contributed by atoms with Crippen LogP contribution in [0.5, 0.6) is 0 Å². The van der Waals surface area contributed by atoms with Crippen molar-refractivity contribution in [3.8, 4) is 16.3 Å². The molecule has 9 rings (SSSR count). The van der Waals surface area contributed by atoms with E-state index in [1.165, 1.54) is 68.7 Å². The Labute approximate surface area is 232 Å². The number of thiophene rings is 1. The maximum atomic E-state index is 5.28. The van der Waals surface area contributed by atoms with E-state index in [1.54, 1.807) is 0 Å². The summed E-state index contributed by atoms with van der Waals surface area (Å²) in [6, 6.07) is 43.8. The highest BCUT2D eigenvalue weighted by Crippen LogP contribution is 2.46. The Hall–Kier alpha value is -4.51. The fraction of sp³-hybridized carbons (Fsp3) is 0. The van der Waals surface area contributed by atoms with Gasteiger partial charge in [-0.1, -0.05) is 78.9 Å². The lowest BCUT2D eigenvalue weighted by Crippen LogP contribution is -1.94. The van der Waals surface area contributed by atoms with E-state index in [1.807, 2.05) is 22.7 Å². The van der Waals surface area contributed by atoms with Gasteiger partial charge in [0.2, 0.25) is 0 Å². The summed E-state index contributed by atoms with van der Waals surface area (Å²) in [5.41, 5.74) is 5.88. The van der Waals surface area contributed by atoms with E-state index >= 15 is 0 Å². The van der Waals surface area contributed by atoms with Crippen LogP contribution in [0.1, 0.15) is 0 Å². The maximum absolute atomic E-state index is 5.28. The van der Waals surface area contributed by atoms with Crippen LogP contribution in [0.2, 0.25) is 0 Å². The number of fused-ring (bicyclic) bond motifs is 10. The standard InChI is InChI=1S/C35H20N2S2/c1-2-11-22(12-3-1)37-28-16-8-6-14-24(28)31-26(20-21-10-4-5-13-23(21)33(31)37)35-36-27-18-19-30-32(34(27)39-35)25-15-7-9-17-29(25)38-30/h1-20H. The van der Waals surface area contributed by atoms with Gasteiger partial charge in [-0.3, -0.25) is 0 Å². The van der Waals surface area contributed by atoms with Crippen molar-refractivity contribution in [2.45, 2.75) is 0 Å². The first-order valence-electron chi connectivity index (χ1n) is 13.1. The minimum absolute atomic E-state index is 1.07. The molecule has 9 aromatic rings. The van der Waals surface area contributed by atoms with Crippen LogP contribution in [-0.2, 0) is 0 Å². The van der Waals surface area contributed by atoms with Gasteiger partial charge in [0.1, 0.15) is 5.01 Å². The molecule has 0 spiro atoms. The lowest BCUT2D eigenvalue weighted by atomic mass is 10.0. The van der Waals surface area contributed by atoms with Crippen molar-refractivity contribution in [3.05, 3.63) is 121 Å². The van der Waals surface area contributed by atoms with Crippen molar-refractivity contribution in [2.75, 3.05) is 0 Å². The number of thiazole rings is 1. The zero-order chi connectivity index (χ0) is 25.5. The first-order chi connectivity index (χ1) is 19.3. The largest absolute Gasteiger partial charge is 0.309 e. The van der Waals surface area contributed by atoms with Gasteiger partial charge in [-0.05, 0) is 47.9 Å². The third-order valence-corrected chi connectivity index (χ3v) is 10.1. The van der Waals surface area contributed by atoms with Crippen LogP contribution in [0.15, 0.2) is 121 Å². The number of benzene rings is 6. The zero-order valence-corrected chi connectivity index (χ0v) is 22.4. The van der Waals surface area contributed by atoms with Crippen LogP contribution in [0, 0.1) is 0 Å². The van der Waals surface area contributed by atoms with E-state index in [2.05, 4.69) is 126 Å². The van der Waals surface area contributed by atoms with Crippen LogP contribution >= 0.6 is 22.7 Å². The number of nitrogens with zero attached hydrogens (tertiary/aromatic N) is 2. The Balaban J connectivity index is 1.46. The number of hydrogen-bond acceptors (Lipinski definition) is 3. The molecule has 0 saturated heterocycles. The van der Waals surface area contributed by atoms with E-state index < -0.39 is 0 Å². The molecule has 0 N–H and O–H groups in total. The molecule has 2 nitrogen and oxygen atoms in total. The van der Waals surface area contributed by atoms with E-state index in [0.29, 0.717) is 0 Å². The van der Waals surface area contributed by atoms with Crippen LogP contribution < -0.4 is 0 Å². The van der Waals surface area contributed by atoms with E-state index in [-0.39, 0.29) is 0 Å². The molecule has 0 radical (unpaired) electrons. The van der Waals surface area contributed by atoms with Gasteiger partial charge in [0.05, 0.1) is 21.3 Å². The second-order valence-electron chi connectivity index (χ2n) is 9.96. The molecule has 0 amide bonds. The SMILES string of the molecule is c1ccc(-n2c3ccccc3c3c(-c4nc5ccc6sc7ccccc7c6c5s4)cc4ccccc4c32)cc1. The van der Waals surface area contributed by atoms with Crippen molar-refractivity contribution in [1.82, 2.24) is 9.55 Å². The van der Waals surface area contributed by atoms with Gasteiger partial charge in [0.25, 0.3) is 0 Å². The molecule has 6 aromatic carbocycles. The lowest BCUT2D eigenvalue weighted by Gasteiger charge is -2.11. The summed E-state index contributed by atoms with van der Waals surface area (Å²) in [7, 11) is 0. The fourth-order valence-electron chi connectivity index (χ4n) is 6.16. The van der Waals surface area contributed by atoms with Crippen LogP contribution in [0.25, 0.3) is 79.2 Å². The third kappa shape index (κ3) is 2.98. The van der Waals surface area contributed by atoms with Crippen molar-refractivity contribution in [2.24, 2.45) is 0 Å². The average molecular weight is 533 g/mol. The predicted octanol–water partition coefficient (Wildman–Crippen LogP) is 10.6. The summed E-state index contributed by atoms with van der Waals surface area (Å²) in [5, 5.41) is 8.72. The van der Waals surface area contributed by atoms with Crippen LogP contribution in [-0.4, -0.2) is 9.55 Å². The van der Waals surface area contributed by atoms with Gasteiger partial charge in [0.15, 0.2) is 0 Å². The summed E-state index contributed by atoms with van der Waals surface area (Å²) in [6.07, 6.45) is 0. The molecule has 0 saturated carbocycles. The van der Waals surface area contributed by atoms with Crippen LogP contribution in [0.3, 0.4) is 0 Å². The van der Waals surface area contributed by atoms with Crippen molar-refractivity contribution >= 4 is 85.6 Å². The topological polar surface area (TPSA) is 17.8 Å². The molecule has 0 bridgehead atoms. The Morgan fingerprint density at radius 1 is 0.564 bits per heavy atom. The summed E-state index contributed by atoms with van der Waals surface area (Å²) >= 11 is 3.69. The second-order valence-corrected chi connectivity index (χ2v) is 12.0. The smallest absolute Gasteiger partial charge is 0.125 e. The normalized spacial score (nSPS) is 12.1. The quantitative estimate of drug-likeness (QED) is 0.216. The number of hydrogen-bond donors (Lipinski definition) is 0. The summed E-state index contributed by atoms with van der Waals surface area (Å²) in [6.45, 7) is 0. The average Bonchev–Trinajstić information content (AvgIpc) is 3.69. The second kappa shape index (κ2) is 8.00. The van der Waals surface area contributed by atoms with Gasteiger partial charge < -0.3 is 4.57 Å². The molecular formula is C35H20N2S2. The van der Waals surface area contributed by atoms with Gasteiger partial charge in [-0.2, -0.15) is 0 Å². The summed E-state index contributed by atoms with van der Waals surface area (Å²) < 4.78 is 6.35. The fourth-order valence-corrected chi connectivity index (χ4v) is 8.48. The Morgan fingerprint density at radius 2 is 1.31 bits per heavy atom. The molecule has 182 valence electrons. The number of aromatic nitrogens is 2. The number of para-hydroxylation sites is 2. The Bertz CT molecular complexity index is 2390. The van der Waals surface area contributed by atoms with E-state index in [4.69, 9.17) is 4.98 Å². The van der Waals surface area contributed by atoms with Crippen molar-refractivity contribution in [3.63, 3.8) is 0 Å². The summed E-state index contributed by atoms with van der Waals surface area (Å²) in [5.74, 6) is 0. The third-order valence-electron chi connectivity index (χ3n) is 7.80.